The van der Waals surface area contributed by atoms with E-state index in [1.165, 1.54) is 16.9 Å². The summed E-state index contributed by atoms with van der Waals surface area (Å²) >= 11 is 1.45. The number of benzene rings is 1. The van der Waals surface area contributed by atoms with Gasteiger partial charge in [0.25, 0.3) is 5.91 Å². The normalized spacial score (nSPS) is 18.9. The number of hydrogen-bond donors (Lipinski definition) is 2. The molecular weight excluding hydrogens is 358 g/mol. The van der Waals surface area contributed by atoms with Crippen LogP contribution in [0.25, 0.3) is 0 Å². The molecule has 1 aromatic carbocycles. The minimum absolute atomic E-state index is 0.00515. The number of carbonyl (C=O) groups excluding carboxylic acids is 1. The smallest absolute Gasteiger partial charge is 0.270 e. The van der Waals surface area contributed by atoms with Crippen molar-refractivity contribution in [3.8, 4) is 5.75 Å². The molecule has 1 aromatic heterocycles. The van der Waals surface area contributed by atoms with Crippen LogP contribution in [0.15, 0.2) is 29.6 Å². The summed E-state index contributed by atoms with van der Waals surface area (Å²) in [4.78, 5) is 17.1. The summed E-state index contributed by atoms with van der Waals surface area (Å²) in [6, 6.07) is 8.04. The van der Waals surface area contributed by atoms with Gasteiger partial charge < -0.3 is 15.4 Å². The van der Waals surface area contributed by atoms with Gasteiger partial charge in [0.1, 0.15) is 23.1 Å². The average molecular weight is 388 g/mol. The molecule has 0 saturated carbocycles. The Bertz CT molecular complexity index is 780. The van der Waals surface area contributed by atoms with E-state index in [1.54, 1.807) is 5.38 Å². The van der Waals surface area contributed by atoms with Crippen molar-refractivity contribution in [3.63, 3.8) is 0 Å². The highest BCUT2D eigenvalue weighted by Gasteiger charge is 2.38. The van der Waals surface area contributed by atoms with Crippen LogP contribution in [0.5, 0.6) is 5.75 Å². The first-order chi connectivity index (χ1) is 12.6. The van der Waals surface area contributed by atoms with Gasteiger partial charge in [-0.05, 0) is 59.6 Å². The van der Waals surface area contributed by atoms with E-state index in [1.807, 2.05) is 31.2 Å². The highest BCUT2D eigenvalue weighted by Crippen LogP contribution is 2.28. The van der Waals surface area contributed by atoms with E-state index in [9.17, 15) is 4.79 Å². The first-order valence-corrected chi connectivity index (χ1v) is 10.2. The van der Waals surface area contributed by atoms with Gasteiger partial charge in [-0.3, -0.25) is 4.79 Å². The first-order valence-electron chi connectivity index (χ1n) is 9.36. The number of nitrogens with one attached hydrogen (secondary N) is 2. The van der Waals surface area contributed by atoms with Crippen LogP contribution >= 0.6 is 11.3 Å². The van der Waals surface area contributed by atoms with Crippen molar-refractivity contribution in [2.45, 2.75) is 71.2 Å². The highest BCUT2D eigenvalue weighted by molar-refractivity contribution is 7.09. The number of aryl methyl sites for hydroxylation is 1. The zero-order valence-electron chi connectivity index (χ0n) is 16.8. The molecular formula is C21H29N3O2S. The molecule has 6 heteroatoms. The van der Waals surface area contributed by atoms with E-state index in [0.29, 0.717) is 12.3 Å². The van der Waals surface area contributed by atoms with Crippen LogP contribution in [-0.4, -0.2) is 28.0 Å². The van der Waals surface area contributed by atoms with Gasteiger partial charge >= 0.3 is 0 Å². The summed E-state index contributed by atoms with van der Waals surface area (Å²) in [7, 11) is 0. The van der Waals surface area contributed by atoms with Crippen LogP contribution < -0.4 is 15.4 Å². The topological polar surface area (TPSA) is 63.2 Å². The second-order valence-corrected chi connectivity index (χ2v) is 9.64. The van der Waals surface area contributed by atoms with Gasteiger partial charge in [0.2, 0.25) is 0 Å². The Morgan fingerprint density at radius 3 is 2.48 bits per heavy atom. The van der Waals surface area contributed by atoms with Crippen LogP contribution in [0.4, 0.5) is 0 Å². The van der Waals surface area contributed by atoms with Crippen LogP contribution in [0.2, 0.25) is 0 Å². The standard InChI is InChI=1S/C21H29N3O2S/c1-14-6-8-16(9-7-14)26-12-18-23-17(13-27-18)19(25)22-15-10-20(2,3)24-21(4,5)11-15/h6-9,13,15,24H,10-12H2,1-5H3,(H,22,25). The molecule has 0 bridgehead atoms. The van der Waals surface area contributed by atoms with E-state index >= 15 is 0 Å². The summed E-state index contributed by atoms with van der Waals surface area (Å²) in [5.74, 6) is 0.701. The molecule has 0 unspecified atom stereocenters. The molecule has 0 atom stereocenters. The quantitative estimate of drug-likeness (QED) is 0.812. The molecule has 2 heterocycles. The van der Waals surface area contributed by atoms with Gasteiger partial charge in [-0.1, -0.05) is 17.7 Å². The van der Waals surface area contributed by atoms with Gasteiger partial charge in [0.15, 0.2) is 0 Å². The SMILES string of the molecule is Cc1ccc(OCc2nc(C(=O)NC3CC(C)(C)NC(C)(C)C3)cs2)cc1. The predicted molar refractivity (Wildman–Crippen MR) is 109 cm³/mol. The minimum atomic E-state index is -0.105. The summed E-state index contributed by atoms with van der Waals surface area (Å²) in [6.45, 7) is 11.1. The second-order valence-electron chi connectivity index (χ2n) is 8.70. The Balaban J connectivity index is 1.57. The van der Waals surface area contributed by atoms with Crippen molar-refractivity contribution in [2.75, 3.05) is 0 Å². The molecule has 3 rings (SSSR count). The molecule has 1 fully saturated rings. The maximum atomic E-state index is 12.6. The largest absolute Gasteiger partial charge is 0.486 e. The van der Waals surface area contributed by atoms with E-state index in [-0.39, 0.29) is 23.0 Å². The lowest BCUT2D eigenvalue weighted by molar-refractivity contribution is 0.0868. The molecule has 5 nitrogen and oxygen atoms in total. The lowest BCUT2D eigenvalue weighted by atomic mass is 9.79. The maximum absolute atomic E-state index is 12.6. The number of ether oxygens (including phenoxy) is 1. The third-order valence-corrected chi connectivity index (χ3v) is 5.52. The minimum Gasteiger partial charge on any atom is -0.486 e. The summed E-state index contributed by atoms with van der Waals surface area (Å²) in [6.07, 6.45) is 1.80. The molecule has 1 aliphatic rings. The number of piperidine rings is 1. The average Bonchev–Trinajstić information content (AvgIpc) is 3.00. The van der Waals surface area contributed by atoms with Crippen molar-refractivity contribution in [1.29, 1.82) is 0 Å². The third kappa shape index (κ3) is 5.53. The Labute approximate surface area is 165 Å². The predicted octanol–water partition coefficient (Wildman–Crippen LogP) is 4.07. The zero-order valence-corrected chi connectivity index (χ0v) is 17.6. The molecule has 0 aliphatic carbocycles. The van der Waals surface area contributed by atoms with Crippen molar-refractivity contribution >= 4 is 17.2 Å². The summed E-state index contributed by atoms with van der Waals surface area (Å²) < 4.78 is 5.75. The van der Waals surface area contributed by atoms with Crippen molar-refractivity contribution < 1.29 is 9.53 Å². The van der Waals surface area contributed by atoms with E-state index < -0.39 is 0 Å². The zero-order chi connectivity index (χ0) is 19.7. The lowest BCUT2D eigenvalue weighted by Gasteiger charge is -2.46. The maximum Gasteiger partial charge on any atom is 0.270 e. The Morgan fingerprint density at radius 1 is 1.22 bits per heavy atom. The second kappa shape index (κ2) is 7.60. The Morgan fingerprint density at radius 2 is 1.85 bits per heavy atom. The fourth-order valence-electron chi connectivity index (χ4n) is 3.94. The van der Waals surface area contributed by atoms with Gasteiger partial charge in [-0.25, -0.2) is 4.98 Å². The van der Waals surface area contributed by atoms with Crippen LogP contribution in [0.3, 0.4) is 0 Å². The van der Waals surface area contributed by atoms with Crippen LogP contribution in [0.1, 0.15) is 61.6 Å². The molecule has 1 saturated heterocycles. The molecule has 0 radical (unpaired) electrons. The molecule has 146 valence electrons. The van der Waals surface area contributed by atoms with Crippen LogP contribution in [-0.2, 0) is 6.61 Å². The van der Waals surface area contributed by atoms with Gasteiger partial charge in [-0.2, -0.15) is 0 Å². The van der Waals surface area contributed by atoms with Crippen molar-refractivity contribution in [2.24, 2.45) is 0 Å². The number of amides is 1. The summed E-state index contributed by atoms with van der Waals surface area (Å²) in [5, 5.41) is 9.40. The third-order valence-electron chi connectivity index (χ3n) is 4.69. The van der Waals surface area contributed by atoms with Gasteiger partial charge in [-0.15, -0.1) is 11.3 Å². The Kier molecular flexibility index (Phi) is 5.58. The monoisotopic (exact) mass is 387 g/mol. The lowest BCUT2D eigenvalue weighted by Crippen LogP contribution is -2.62. The molecule has 0 spiro atoms. The highest BCUT2D eigenvalue weighted by atomic mass is 32.1. The number of rotatable bonds is 5. The number of nitrogens with zero attached hydrogens (tertiary/aromatic N) is 1. The van der Waals surface area contributed by atoms with E-state index in [4.69, 9.17) is 4.74 Å². The number of carbonyl (C=O) groups is 1. The van der Waals surface area contributed by atoms with Crippen molar-refractivity contribution in [1.82, 2.24) is 15.6 Å². The molecule has 2 aromatic rings. The fourth-order valence-corrected chi connectivity index (χ4v) is 4.63. The Hall–Kier alpha value is -1.92. The van der Waals surface area contributed by atoms with E-state index in [0.717, 1.165) is 23.6 Å². The molecule has 27 heavy (non-hydrogen) atoms. The fraction of sp³-hybridized carbons (Fsp3) is 0.524. The molecule has 1 aliphatic heterocycles. The number of aromatic nitrogens is 1. The summed E-state index contributed by atoms with van der Waals surface area (Å²) in [5.41, 5.74) is 1.65. The molecule has 2 N–H and O–H groups in total. The number of hydrogen-bond acceptors (Lipinski definition) is 5. The first kappa shape index (κ1) is 19.8. The molecule has 1 amide bonds. The van der Waals surface area contributed by atoms with Gasteiger partial charge in [0, 0.05) is 22.5 Å². The van der Waals surface area contributed by atoms with Gasteiger partial charge in [0.05, 0.1) is 0 Å². The van der Waals surface area contributed by atoms with Crippen LogP contribution in [0, 0.1) is 6.92 Å². The van der Waals surface area contributed by atoms with E-state index in [2.05, 4.69) is 43.3 Å². The number of thiazole rings is 1. The van der Waals surface area contributed by atoms with Crippen molar-refractivity contribution in [3.05, 3.63) is 45.9 Å².